The lowest BCUT2D eigenvalue weighted by Gasteiger charge is -2.23. The molecule has 0 amide bonds. The fourth-order valence-corrected chi connectivity index (χ4v) is 1.86. The summed E-state index contributed by atoms with van der Waals surface area (Å²) < 4.78 is 10.9. The van der Waals surface area contributed by atoms with Gasteiger partial charge >= 0.3 is 0 Å². The Labute approximate surface area is 117 Å². The Morgan fingerprint density at radius 3 is 2.60 bits per heavy atom. The van der Waals surface area contributed by atoms with E-state index in [-0.39, 0.29) is 17.4 Å². The van der Waals surface area contributed by atoms with Crippen molar-refractivity contribution in [3.63, 3.8) is 0 Å². The van der Waals surface area contributed by atoms with Crippen molar-refractivity contribution < 1.29 is 19.5 Å². The molecule has 0 spiro atoms. The van der Waals surface area contributed by atoms with Crippen LogP contribution >= 0.6 is 0 Å². The van der Waals surface area contributed by atoms with Gasteiger partial charge in [0, 0.05) is 12.2 Å². The summed E-state index contributed by atoms with van der Waals surface area (Å²) in [6.07, 6.45) is 0.709. The third-order valence-electron chi connectivity index (χ3n) is 3.26. The fourth-order valence-electron chi connectivity index (χ4n) is 1.86. The van der Waals surface area contributed by atoms with E-state index < -0.39 is 5.60 Å². The molecule has 6 nitrogen and oxygen atoms in total. The minimum absolute atomic E-state index is 0.193. The maximum absolute atomic E-state index is 9.49. The SMILES string of the molecule is CCOC(C)(CC)c1noc(-c2ccc(O)c(O)c2)n1. The molecule has 108 valence electrons. The van der Waals surface area contributed by atoms with Crippen LogP contribution < -0.4 is 0 Å². The van der Waals surface area contributed by atoms with Gasteiger partial charge in [-0.25, -0.2) is 0 Å². The van der Waals surface area contributed by atoms with E-state index in [2.05, 4.69) is 10.1 Å². The molecule has 1 atom stereocenters. The van der Waals surface area contributed by atoms with Gasteiger partial charge in [-0.3, -0.25) is 0 Å². The molecule has 2 N–H and O–H groups in total. The summed E-state index contributed by atoms with van der Waals surface area (Å²) in [5, 5.41) is 22.7. The maximum Gasteiger partial charge on any atom is 0.258 e. The minimum atomic E-state index is -0.602. The van der Waals surface area contributed by atoms with Crippen molar-refractivity contribution in [1.29, 1.82) is 0 Å². The number of hydrogen-bond acceptors (Lipinski definition) is 6. The van der Waals surface area contributed by atoms with Crippen LogP contribution in [0, 0.1) is 0 Å². The molecule has 1 heterocycles. The lowest BCUT2D eigenvalue weighted by molar-refractivity contribution is -0.0403. The molecule has 6 heteroatoms. The molecule has 1 aromatic heterocycles. The monoisotopic (exact) mass is 278 g/mol. The zero-order valence-corrected chi connectivity index (χ0v) is 11.8. The second-order valence-corrected chi connectivity index (χ2v) is 4.64. The fraction of sp³-hybridized carbons (Fsp3) is 0.429. The van der Waals surface area contributed by atoms with E-state index in [9.17, 15) is 10.2 Å². The summed E-state index contributed by atoms with van der Waals surface area (Å²) in [5.41, 5.74) is -0.0656. The van der Waals surface area contributed by atoms with E-state index in [0.29, 0.717) is 24.4 Å². The highest BCUT2D eigenvalue weighted by Crippen LogP contribution is 2.32. The average Bonchev–Trinajstić information content (AvgIpc) is 2.92. The van der Waals surface area contributed by atoms with Crippen molar-refractivity contribution in [3.8, 4) is 23.0 Å². The van der Waals surface area contributed by atoms with Crippen molar-refractivity contribution >= 4 is 0 Å². The van der Waals surface area contributed by atoms with E-state index in [0.717, 1.165) is 0 Å². The van der Waals surface area contributed by atoms with Crippen LogP contribution in [0.25, 0.3) is 11.5 Å². The second-order valence-electron chi connectivity index (χ2n) is 4.64. The van der Waals surface area contributed by atoms with E-state index in [1.807, 2.05) is 20.8 Å². The third-order valence-corrected chi connectivity index (χ3v) is 3.26. The molecule has 0 saturated heterocycles. The van der Waals surface area contributed by atoms with Crippen LogP contribution in [0.1, 0.15) is 33.0 Å². The van der Waals surface area contributed by atoms with E-state index >= 15 is 0 Å². The predicted octanol–water partition coefficient (Wildman–Crippen LogP) is 2.81. The molecule has 0 bridgehead atoms. The van der Waals surface area contributed by atoms with Gasteiger partial charge in [0.15, 0.2) is 11.5 Å². The number of ether oxygens (including phenoxy) is 1. The van der Waals surface area contributed by atoms with Gasteiger partial charge in [0.2, 0.25) is 5.82 Å². The van der Waals surface area contributed by atoms with Gasteiger partial charge in [-0.15, -0.1) is 0 Å². The first-order chi connectivity index (χ1) is 9.50. The molecule has 0 aliphatic heterocycles. The van der Waals surface area contributed by atoms with Crippen LogP contribution in [0.5, 0.6) is 11.5 Å². The number of aromatic nitrogens is 2. The number of phenolic OH excluding ortho intramolecular Hbond substituents is 2. The molecule has 20 heavy (non-hydrogen) atoms. The zero-order valence-electron chi connectivity index (χ0n) is 11.8. The van der Waals surface area contributed by atoms with Crippen molar-refractivity contribution in [1.82, 2.24) is 10.1 Å². The summed E-state index contributed by atoms with van der Waals surface area (Å²) in [6.45, 7) is 6.35. The van der Waals surface area contributed by atoms with Crippen LogP contribution in [-0.4, -0.2) is 27.0 Å². The van der Waals surface area contributed by atoms with Crippen LogP contribution in [0.15, 0.2) is 22.7 Å². The Morgan fingerprint density at radius 2 is 2.00 bits per heavy atom. The average molecular weight is 278 g/mol. The van der Waals surface area contributed by atoms with E-state index in [4.69, 9.17) is 9.26 Å². The Bertz CT molecular complexity index is 597. The van der Waals surface area contributed by atoms with Crippen molar-refractivity contribution in [2.24, 2.45) is 0 Å². The van der Waals surface area contributed by atoms with Gasteiger partial charge in [0.25, 0.3) is 5.89 Å². The molecular formula is C14H18N2O4. The summed E-state index contributed by atoms with van der Waals surface area (Å²) in [5.74, 6) is 0.311. The Kier molecular flexibility index (Phi) is 3.94. The number of aromatic hydroxyl groups is 2. The molecule has 0 fully saturated rings. The number of rotatable bonds is 5. The van der Waals surface area contributed by atoms with E-state index in [1.54, 1.807) is 6.07 Å². The number of hydrogen-bond donors (Lipinski definition) is 2. The molecule has 0 saturated carbocycles. The molecular weight excluding hydrogens is 260 g/mol. The molecule has 0 aliphatic rings. The standard InChI is InChI=1S/C14H18N2O4/c1-4-14(3,19-5-2)13-15-12(20-16-13)9-6-7-10(17)11(18)8-9/h6-8,17-18H,4-5H2,1-3H3. The third kappa shape index (κ3) is 2.60. The highest BCUT2D eigenvalue weighted by atomic mass is 16.5. The highest BCUT2D eigenvalue weighted by molar-refractivity contribution is 5.58. The maximum atomic E-state index is 9.49. The number of nitrogens with zero attached hydrogens (tertiary/aromatic N) is 2. The predicted molar refractivity (Wildman–Crippen MR) is 72.3 cm³/mol. The van der Waals surface area contributed by atoms with Gasteiger partial charge in [0.1, 0.15) is 5.60 Å². The van der Waals surface area contributed by atoms with Crippen LogP contribution in [-0.2, 0) is 10.3 Å². The Balaban J connectivity index is 2.34. The largest absolute Gasteiger partial charge is 0.504 e. The van der Waals surface area contributed by atoms with Crippen molar-refractivity contribution in [3.05, 3.63) is 24.0 Å². The first-order valence-electron chi connectivity index (χ1n) is 6.50. The molecule has 2 rings (SSSR count). The van der Waals surface area contributed by atoms with Crippen LogP contribution in [0.4, 0.5) is 0 Å². The molecule has 1 unspecified atom stereocenters. The van der Waals surface area contributed by atoms with Crippen molar-refractivity contribution in [2.75, 3.05) is 6.61 Å². The lowest BCUT2D eigenvalue weighted by atomic mass is 10.0. The van der Waals surface area contributed by atoms with Crippen molar-refractivity contribution in [2.45, 2.75) is 32.8 Å². The summed E-state index contributed by atoms with van der Waals surface area (Å²) >= 11 is 0. The smallest absolute Gasteiger partial charge is 0.258 e. The summed E-state index contributed by atoms with van der Waals surface area (Å²) in [6, 6.07) is 4.34. The number of benzene rings is 1. The van der Waals surface area contributed by atoms with Crippen LogP contribution in [0.2, 0.25) is 0 Å². The molecule has 0 aliphatic carbocycles. The normalized spacial score (nSPS) is 14.2. The first kappa shape index (κ1) is 14.3. The zero-order chi connectivity index (χ0) is 14.8. The van der Waals surface area contributed by atoms with E-state index in [1.165, 1.54) is 12.1 Å². The highest BCUT2D eigenvalue weighted by Gasteiger charge is 2.31. The van der Waals surface area contributed by atoms with Crippen LogP contribution in [0.3, 0.4) is 0 Å². The summed E-state index contributed by atoms with van der Waals surface area (Å²) in [7, 11) is 0. The Hall–Kier alpha value is -2.08. The van der Waals surface area contributed by atoms with Gasteiger partial charge in [0.05, 0.1) is 0 Å². The minimum Gasteiger partial charge on any atom is -0.504 e. The van der Waals surface area contributed by atoms with Gasteiger partial charge in [-0.1, -0.05) is 12.1 Å². The number of phenols is 2. The molecule has 0 radical (unpaired) electrons. The first-order valence-corrected chi connectivity index (χ1v) is 6.50. The van der Waals surface area contributed by atoms with Gasteiger partial charge in [-0.05, 0) is 38.5 Å². The molecule has 1 aromatic carbocycles. The van der Waals surface area contributed by atoms with Gasteiger partial charge in [-0.2, -0.15) is 4.98 Å². The lowest BCUT2D eigenvalue weighted by Crippen LogP contribution is -2.26. The topological polar surface area (TPSA) is 88.6 Å². The summed E-state index contributed by atoms with van der Waals surface area (Å²) in [4.78, 5) is 4.32. The quantitative estimate of drug-likeness (QED) is 0.817. The molecule has 2 aromatic rings. The second kappa shape index (κ2) is 5.50. The van der Waals surface area contributed by atoms with Gasteiger partial charge < -0.3 is 19.5 Å². The Morgan fingerprint density at radius 1 is 1.25 bits per heavy atom.